The second-order valence-electron chi connectivity index (χ2n) is 6.22. The smallest absolute Gasteiger partial charge is 0.310 e. The average molecular weight is 315 g/mol. The first-order chi connectivity index (χ1) is 11.0. The van der Waals surface area contributed by atoms with Crippen LogP contribution in [-0.4, -0.2) is 29.2 Å². The number of hydrogen-bond acceptors (Lipinski definition) is 3. The minimum Gasteiger partial charge on any atom is -0.481 e. The molecule has 5 heteroatoms. The Morgan fingerprint density at radius 2 is 1.78 bits per heavy atom. The zero-order valence-corrected chi connectivity index (χ0v) is 13.2. The summed E-state index contributed by atoms with van der Waals surface area (Å²) in [7, 11) is 0. The zero-order chi connectivity index (χ0) is 16.6. The molecule has 3 rings (SSSR count). The summed E-state index contributed by atoms with van der Waals surface area (Å²) in [5.41, 5.74) is 2.19. The van der Waals surface area contributed by atoms with E-state index in [0.29, 0.717) is 0 Å². The molecule has 0 saturated carbocycles. The van der Waals surface area contributed by atoms with Gasteiger partial charge in [0.2, 0.25) is 5.91 Å². The summed E-state index contributed by atoms with van der Waals surface area (Å²) >= 11 is 0. The van der Waals surface area contributed by atoms with Crippen molar-refractivity contribution in [3.63, 3.8) is 0 Å². The van der Waals surface area contributed by atoms with Gasteiger partial charge in [0.05, 0.1) is 24.2 Å². The lowest BCUT2D eigenvalue weighted by atomic mass is 9.82. The Labute approximate surface area is 135 Å². The van der Waals surface area contributed by atoms with Crippen LogP contribution in [0.25, 0.3) is 0 Å². The van der Waals surface area contributed by atoms with Crippen molar-refractivity contribution in [3.8, 4) is 0 Å². The molecule has 0 radical (unpaired) electrons. The third kappa shape index (κ3) is 2.88. The molecule has 5 nitrogen and oxygen atoms in total. The maximum atomic E-state index is 12.7. The van der Waals surface area contributed by atoms with Crippen molar-refractivity contribution in [2.24, 2.45) is 11.8 Å². The Kier molecular flexibility index (Phi) is 4.22. The van der Waals surface area contributed by atoms with Crippen LogP contribution in [-0.2, 0) is 14.3 Å². The molecule has 2 aliphatic heterocycles. The lowest BCUT2D eigenvalue weighted by Crippen LogP contribution is -2.43. The van der Waals surface area contributed by atoms with Crippen molar-refractivity contribution < 1.29 is 19.4 Å². The number of aliphatic carboxylic acids is 1. The van der Waals surface area contributed by atoms with Crippen LogP contribution in [0.5, 0.6) is 0 Å². The molecule has 0 aliphatic carbocycles. The summed E-state index contributed by atoms with van der Waals surface area (Å²) in [6, 6.07) is 7.88. The summed E-state index contributed by atoms with van der Waals surface area (Å²) in [5, 5.41) is 12.4. The molecule has 2 heterocycles. The van der Waals surface area contributed by atoms with Gasteiger partial charge in [-0.1, -0.05) is 48.9 Å². The summed E-state index contributed by atoms with van der Waals surface area (Å²) in [5.74, 6) is -2.70. The van der Waals surface area contributed by atoms with Gasteiger partial charge in [0.15, 0.2) is 0 Å². The Bertz CT molecular complexity index is 637. The van der Waals surface area contributed by atoms with Crippen LogP contribution in [0.2, 0.25) is 0 Å². The molecule has 2 bridgehead atoms. The Morgan fingerprint density at radius 3 is 2.35 bits per heavy atom. The standard InChI is InChI=1S/C18H21NO4/c1-3-12(11-6-4-10(2)5-7-11)19-17(20)15-13-8-9-14(23-13)16(15)18(21)22/h4-9,12-16H,3H2,1-2H3,(H,19,20)(H,21,22)/t12-,13-,14+,15-,16-/m0/s1. The average Bonchev–Trinajstić information content (AvgIpc) is 3.14. The monoisotopic (exact) mass is 315 g/mol. The predicted octanol–water partition coefficient (Wildman–Crippen LogP) is 2.22. The van der Waals surface area contributed by atoms with E-state index in [-0.39, 0.29) is 11.9 Å². The molecule has 1 aromatic rings. The molecule has 5 atom stereocenters. The second kappa shape index (κ2) is 6.16. The van der Waals surface area contributed by atoms with E-state index in [9.17, 15) is 14.7 Å². The van der Waals surface area contributed by atoms with E-state index < -0.39 is 30.0 Å². The summed E-state index contributed by atoms with van der Waals surface area (Å²) in [6.45, 7) is 4.01. The molecule has 1 amide bonds. The third-order valence-corrected chi connectivity index (χ3v) is 4.69. The van der Waals surface area contributed by atoms with Crippen molar-refractivity contribution in [1.82, 2.24) is 5.32 Å². The number of hydrogen-bond donors (Lipinski definition) is 2. The fourth-order valence-corrected chi connectivity index (χ4v) is 3.40. The van der Waals surface area contributed by atoms with Crippen LogP contribution < -0.4 is 5.32 Å². The van der Waals surface area contributed by atoms with Gasteiger partial charge in [-0.25, -0.2) is 0 Å². The molecule has 1 saturated heterocycles. The number of carbonyl (C=O) groups is 2. The van der Waals surface area contributed by atoms with Crippen LogP contribution in [0.15, 0.2) is 36.4 Å². The number of amides is 1. The minimum atomic E-state index is -0.981. The van der Waals surface area contributed by atoms with Crippen molar-refractivity contribution in [2.45, 2.75) is 38.5 Å². The number of aryl methyl sites for hydroxylation is 1. The van der Waals surface area contributed by atoms with Crippen LogP contribution in [0.1, 0.15) is 30.5 Å². The van der Waals surface area contributed by atoms with Gasteiger partial charge in [-0.2, -0.15) is 0 Å². The van der Waals surface area contributed by atoms with Gasteiger partial charge in [-0.3, -0.25) is 9.59 Å². The fourth-order valence-electron chi connectivity index (χ4n) is 3.40. The van der Waals surface area contributed by atoms with Crippen LogP contribution in [0, 0.1) is 18.8 Å². The first-order valence-electron chi connectivity index (χ1n) is 7.94. The Balaban J connectivity index is 1.76. The van der Waals surface area contributed by atoms with E-state index >= 15 is 0 Å². The van der Waals surface area contributed by atoms with Crippen LogP contribution >= 0.6 is 0 Å². The SMILES string of the molecule is CC[C@H](NC(=O)[C@@H]1[C@@H](C(=O)O)[C@H]2C=C[C@@H]1O2)c1ccc(C)cc1. The molecular weight excluding hydrogens is 294 g/mol. The number of carboxylic acids is 1. The molecule has 2 N–H and O–H groups in total. The van der Waals surface area contributed by atoms with Gasteiger partial charge < -0.3 is 15.2 Å². The second-order valence-corrected chi connectivity index (χ2v) is 6.22. The summed E-state index contributed by atoms with van der Waals surface area (Å²) in [4.78, 5) is 24.1. The largest absolute Gasteiger partial charge is 0.481 e. The van der Waals surface area contributed by atoms with Crippen molar-refractivity contribution in [3.05, 3.63) is 47.5 Å². The maximum Gasteiger partial charge on any atom is 0.310 e. The summed E-state index contributed by atoms with van der Waals surface area (Å²) < 4.78 is 5.56. The fraction of sp³-hybridized carbons (Fsp3) is 0.444. The van der Waals surface area contributed by atoms with Gasteiger partial charge in [0.25, 0.3) is 0 Å². The van der Waals surface area contributed by atoms with Gasteiger partial charge in [-0.15, -0.1) is 0 Å². The molecule has 1 aromatic carbocycles. The molecule has 2 aliphatic rings. The number of nitrogens with one attached hydrogen (secondary N) is 1. The molecule has 23 heavy (non-hydrogen) atoms. The highest BCUT2D eigenvalue weighted by molar-refractivity contribution is 5.87. The Morgan fingerprint density at radius 1 is 1.17 bits per heavy atom. The predicted molar refractivity (Wildman–Crippen MR) is 84.8 cm³/mol. The van der Waals surface area contributed by atoms with Crippen LogP contribution in [0.3, 0.4) is 0 Å². The lowest BCUT2D eigenvalue weighted by molar-refractivity contribution is -0.146. The van der Waals surface area contributed by atoms with Crippen molar-refractivity contribution >= 4 is 11.9 Å². The number of fused-ring (bicyclic) bond motifs is 2. The van der Waals surface area contributed by atoms with Gasteiger partial charge in [0, 0.05) is 0 Å². The van der Waals surface area contributed by atoms with E-state index in [0.717, 1.165) is 17.5 Å². The number of benzene rings is 1. The number of carboxylic acid groups (broad SMARTS) is 1. The maximum absolute atomic E-state index is 12.7. The minimum absolute atomic E-state index is 0.124. The normalized spacial score (nSPS) is 29.5. The first-order valence-corrected chi connectivity index (χ1v) is 7.94. The Hall–Kier alpha value is -2.14. The van der Waals surface area contributed by atoms with E-state index in [1.807, 2.05) is 38.1 Å². The highest BCUT2D eigenvalue weighted by atomic mass is 16.5. The highest BCUT2D eigenvalue weighted by Crippen LogP contribution is 2.39. The molecule has 0 spiro atoms. The van der Waals surface area contributed by atoms with Gasteiger partial charge in [-0.05, 0) is 18.9 Å². The van der Waals surface area contributed by atoms with Gasteiger partial charge >= 0.3 is 5.97 Å². The van der Waals surface area contributed by atoms with E-state index in [4.69, 9.17) is 4.74 Å². The quantitative estimate of drug-likeness (QED) is 0.817. The first kappa shape index (κ1) is 15.7. The highest BCUT2D eigenvalue weighted by Gasteiger charge is 2.53. The molecule has 0 unspecified atom stereocenters. The molecule has 0 aromatic heterocycles. The zero-order valence-electron chi connectivity index (χ0n) is 13.2. The topological polar surface area (TPSA) is 75.6 Å². The van der Waals surface area contributed by atoms with E-state index in [2.05, 4.69) is 5.32 Å². The van der Waals surface area contributed by atoms with E-state index in [1.54, 1.807) is 12.2 Å². The molecule has 122 valence electrons. The number of carbonyl (C=O) groups excluding carboxylic acids is 1. The number of rotatable bonds is 5. The van der Waals surface area contributed by atoms with Crippen LogP contribution in [0.4, 0.5) is 0 Å². The number of ether oxygens (including phenoxy) is 1. The molecular formula is C18H21NO4. The van der Waals surface area contributed by atoms with Crippen molar-refractivity contribution in [2.75, 3.05) is 0 Å². The van der Waals surface area contributed by atoms with E-state index in [1.165, 1.54) is 0 Å². The third-order valence-electron chi connectivity index (χ3n) is 4.69. The molecule has 1 fully saturated rings. The van der Waals surface area contributed by atoms with Crippen molar-refractivity contribution in [1.29, 1.82) is 0 Å². The summed E-state index contributed by atoms with van der Waals surface area (Å²) in [6.07, 6.45) is 3.35. The van der Waals surface area contributed by atoms with Gasteiger partial charge in [0.1, 0.15) is 5.92 Å². The lowest BCUT2D eigenvalue weighted by Gasteiger charge is -2.25.